The van der Waals surface area contributed by atoms with Crippen LogP contribution in [0.2, 0.25) is 0 Å². The van der Waals surface area contributed by atoms with E-state index in [1.807, 2.05) is 6.92 Å². The van der Waals surface area contributed by atoms with Gasteiger partial charge in [-0.25, -0.2) is 4.39 Å². The van der Waals surface area contributed by atoms with Gasteiger partial charge < -0.3 is 10.2 Å². The summed E-state index contributed by atoms with van der Waals surface area (Å²) in [5.41, 5.74) is 2.02. The minimum atomic E-state index is -0.132. The van der Waals surface area contributed by atoms with Crippen molar-refractivity contribution in [3.8, 4) is 0 Å². The third-order valence-corrected chi connectivity index (χ3v) is 3.63. The molecule has 0 aliphatic carbocycles. The van der Waals surface area contributed by atoms with Gasteiger partial charge in [-0.1, -0.05) is 13.8 Å². The van der Waals surface area contributed by atoms with E-state index in [-0.39, 0.29) is 5.82 Å². The highest BCUT2D eigenvalue weighted by molar-refractivity contribution is 5.49. The zero-order valence-corrected chi connectivity index (χ0v) is 12.2. The Morgan fingerprint density at radius 3 is 2.84 bits per heavy atom. The Kier molecular flexibility index (Phi) is 4.81. The summed E-state index contributed by atoms with van der Waals surface area (Å²) in [6.45, 7) is 9.49. The van der Waals surface area contributed by atoms with Gasteiger partial charge >= 0.3 is 0 Å². The number of aryl methyl sites for hydroxylation is 1. The van der Waals surface area contributed by atoms with Gasteiger partial charge in [0.1, 0.15) is 5.82 Å². The Morgan fingerprint density at radius 2 is 2.16 bits per heavy atom. The molecule has 1 N–H and O–H groups in total. The second-order valence-electron chi connectivity index (χ2n) is 6.07. The summed E-state index contributed by atoms with van der Waals surface area (Å²) < 4.78 is 13.5. The fourth-order valence-corrected chi connectivity index (χ4v) is 2.86. The number of rotatable bonds is 3. The number of hydrogen-bond donors (Lipinski definition) is 1. The number of nitrogens with one attached hydrogen (secondary N) is 1. The van der Waals surface area contributed by atoms with Gasteiger partial charge in [0, 0.05) is 24.8 Å². The van der Waals surface area contributed by atoms with Gasteiger partial charge in [-0.15, -0.1) is 0 Å². The Balaban J connectivity index is 2.12. The molecule has 1 aliphatic rings. The largest absolute Gasteiger partial charge is 0.370 e. The molecular formula is C16H25FN2. The Hall–Kier alpha value is -1.09. The molecule has 1 fully saturated rings. The molecular weight excluding hydrogens is 239 g/mol. The van der Waals surface area contributed by atoms with E-state index in [2.05, 4.69) is 30.1 Å². The molecule has 1 saturated heterocycles. The van der Waals surface area contributed by atoms with E-state index < -0.39 is 0 Å². The molecule has 106 valence electrons. The predicted molar refractivity (Wildman–Crippen MR) is 79.2 cm³/mol. The highest BCUT2D eigenvalue weighted by Gasteiger charge is 2.19. The third-order valence-electron chi connectivity index (χ3n) is 3.63. The molecule has 1 aromatic rings. The lowest BCUT2D eigenvalue weighted by atomic mass is 10.0. The van der Waals surface area contributed by atoms with E-state index in [4.69, 9.17) is 0 Å². The van der Waals surface area contributed by atoms with Gasteiger partial charge in [0.25, 0.3) is 0 Å². The normalized spacial score (nSPS) is 20.7. The average molecular weight is 264 g/mol. The van der Waals surface area contributed by atoms with Gasteiger partial charge in [-0.05, 0) is 56.0 Å². The fourth-order valence-electron chi connectivity index (χ4n) is 2.86. The van der Waals surface area contributed by atoms with E-state index in [9.17, 15) is 4.39 Å². The van der Waals surface area contributed by atoms with Crippen molar-refractivity contribution < 1.29 is 4.39 Å². The van der Waals surface area contributed by atoms with Gasteiger partial charge in [0.05, 0.1) is 0 Å². The molecule has 1 unspecified atom stereocenters. The van der Waals surface area contributed by atoms with Crippen LogP contribution in [0.4, 0.5) is 10.1 Å². The summed E-state index contributed by atoms with van der Waals surface area (Å²) in [6, 6.07) is 5.84. The zero-order chi connectivity index (χ0) is 13.8. The van der Waals surface area contributed by atoms with E-state index in [0.29, 0.717) is 12.0 Å². The Morgan fingerprint density at radius 1 is 1.37 bits per heavy atom. The first-order valence-corrected chi connectivity index (χ1v) is 7.30. The van der Waals surface area contributed by atoms with E-state index >= 15 is 0 Å². The lowest BCUT2D eigenvalue weighted by Crippen LogP contribution is -2.38. The second kappa shape index (κ2) is 6.38. The van der Waals surface area contributed by atoms with Crippen molar-refractivity contribution in [1.29, 1.82) is 0 Å². The molecule has 0 saturated carbocycles. The molecule has 2 nitrogen and oxygen atoms in total. The topological polar surface area (TPSA) is 15.3 Å². The van der Waals surface area contributed by atoms with Crippen molar-refractivity contribution in [1.82, 2.24) is 5.32 Å². The fraction of sp³-hybridized carbons (Fsp3) is 0.625. The van der Waals surface area contributed by atoms with Gasteiger partial charge in [0.15, 0.2) is 0 Å². The standard InChI is InChI=1S/C16H25FN2/c1-12(2)7-15-11-19(6-4-5-18-15)16-9-13(3)8-14(17)10-16/h8-10,12,15,18H,4-7,11H2,1-3H3. The number of nitrogens with zero attached hydrogens (tertiary/aromatic N) is 1. The summed E-state index contributed by atoms with van der Waals surface area (Å²) in [4.78, 5) is 2.32. The van der Waals surface area contributed by atoms with Crippen LogP contribution in [0.25, 0.3) is 0 Å². The average Bonchev–Trinajstić information content (AvgIpc) is 2.52. The Labute approximate surface area is 116 Å². The maximum atomic E-state index is 13.5. The summed E-state index contributed by atoms with van der Waals surface area (Å²) in [7, 11) is 0. The molecule has 19 heavy (non-hydrogen) atoms. The molecule has 1 aromatic carbocycles. The van der Waals surface area contributed by atoms with Crippen molar-refractivity contribution in [2.24, 2.45) is 5.92 Å². The summed E-state index contributed by atoms with van der Waals surface area (Å²) in [5.74, 6) is 0.555. The van der Waals surface area contributed by atoms with Crippen molar-refractivity contribution in [3.63, 3.8) is 0 Å². The quantitative estimate of drug-likeness (QED) is 0.900. The van der Waals surface area contributed by atoms with Crippen LogP contribution in [-0.4, -0.2) is 25.7 Å². The van der Waals surface area contributed by atoms with Crippen LogP contribution in [0, 0.1) is 18.7 Å². The van der Waals surface area contributed by atoms with Crippen LogP contribution in [0.1, 0.15) is 32.3 Å². The van der Waals surface area contributed by atoms with Gasteiger partial charge in [-0.3, -0.25) is 0 Å². The molecule has 0 amide bonds. The van der Waals surface area contributed by atoms with Crippen LogP contribution >= 0.6 is 0 Å². The van der Waals surface area contributed by atoms with Crippen LogP contribution in [0.3, 0.4) is 0 Å². The number of halogens is 1. The molecule has 0 spiro atoms. The molecule has 3 heteroatoms. The highest BCUT2D eigenvalue weighted by atomic mass is 19.1. The van der Waals surface area contributed by atoms with Crippen molar-refractivity contribution >= 4 is 5.69 Å². The SMILES string of the molecule is Cc1cc(F)cc(N2CCCNC(CC(C)C)C2)c1. The van der Waals surface area contributed by atoms with Gasteiger partial charge in [0.2, 0.25) is 0 Å². The first kappa shape index (κ1) is 14.3. The van der Waals surface area contributed by atoms with Crippen molar-refractivity contribution in [2.45, 2.75) is 39.7 Å². The van der Waals surface area contributed by atoms with Crippen LogP contribution < -0.4 is 10.2 Å². The third kappa shape index (κ3) is 4.20. The molecule has 0 bridgehead atoms. The highest BCUT2D eigenvalue weighted by Crippen LogP contribution is 2.21. The lowest BCUT2D eigenvalue weighted by Gasteiger charge is -2.27. The van der Waals surface area contributed by atoms with Crippen molar-refractivity contribution in [3.05, 3.63) is 29.6 Å². The number of hydrogen-bond acceptors (Lipinski definition) is 2. The van der Waals surface area contributed by atoms with Crippen LogP contribution in [-0.2, 0) is 0 Å². The summed E-state index contributed by atoms with van der Waals surface area (Å²) in [6.07, 6.45) is 2.29. The van der Waals surface area contributed by atoms with E-state index in [0.717, 1.165) is 37.3 Å². The first-order valence-electron chi connectivity index (χ1n) is 7.30. The molecule has 2 rings (SSSR count). The number of benzene rings is 1. The number of anilines is 1. The molecule has 1 heterocycles. The minimum absolute atomic E-state index is 0.132. The molecule has 0 aromatic heterocycles. The smallest absolute Gasteiger partial charge is 0.125 e. The maximum absolute atomic E-state index is 13.5. The maximum Gasteiger partial charge on any atom is 0.125 e. The van der Waals surface area contributed by atoms with E-state index in [1.54, 1.807) is 12.1 Å². The van der Waals surface area contributed by atoms with E-state index in [1.165, 1.54) is 6.42 Å². The van der Waals surface area contributed by atoms with Gasteiger partial charge in [-0.2, -0.15) is 0 Å². The zero-order valence-electron chi connectivity index (χ0n) is 12.2. The molecule has 1 atom stereocenters. The first-order chi connectivity index (χ1) is 9.04. The molecule has 1 aliphatic heterocycles. The van der Waals surface area contributed by atoms with Crippen LogP contribution in [0.15, 0.2) is 18.2 Å². The second-order valence-corrected chi connectivity index (χ2v) is 6.07. The molecule has 0 radical (unpaired) electrons. The monoisotopic (exact) mass is 264 g/mol. The van der Waals surface area contributed by atoms with Crippen LogP contribution in [0.5, 0.6) is 0 Å². The summed E-state index contributed by atoms with van der Waals surface area (Å²) in [5, 5.41) is 3.61. The van der Waals surface area contributed by atoms with Crippen molar-refractivity contribution in [2.75, 3.05) is 24.5 Å². The summed E-state index contributed by atoms with van der Waals surface area (Å²) >= 11 is 0. The predicted octanol–water partition coefficient (Wildman–Crippen LogP) is 3.35. The Bertz CT molecular complexity index is 397. The lowest BCUT2D eigenvalue weighted by molar-refractivity contribution is 0.436. The minimum Gasteiger partial charge on any atom is -0.370 e.